The molecule has 5 nitrogen and oxygen atoms in total. The summed E-state index contributed by atoms with van der Waals surface area (Å²) in [5.41, 5.74) is 5.79. The molecule has 5 aromatic rings. The molecule has 0 atom stereocenters. The first kappa shape index (κ1) is 21.4. The van der Waals surface area contributed by atoms with Gasteiger partial charge in [-0.2, -0.15) is 10.4 Å². The highest BCUT2D eigenvalue weighted by atomic mass is 19.1. The summed E-state index contributed by atoms with van der Waals surface area (Å²) in [5, 5.41) is 16.0. The Morgan fingerprint density at radius 3 is 2.12 bits per heavy atom. The van der Waals surface area contributed by atoms with Crippen molar-refractivity contribution in [3.63, 3.8) is 0 Å². The molecular formula is C28H22FN5. The maximum atomic E-state index is 13.7. The van der Waals surface area contributed by atoms with E-state index in [-0.39, 0.29) is 5.82 Å². The number of halogens is 1. The number of aromatic nitrogens is 3. The van der Waals surface area contributed by atoms with E-state index in [9.17, 15) is 9.65 Å². The van der Waals surface area contributed by atoms with E-state index in [1.54, 1.807) is 12.1 Å². The largest absolute Gasteiger partial charge is 0.362 e. The van der Waals surface area contributed by atoms with Gasteiger partial charge in [0.1, 0.15) is 23.2 Å². The van der Waals surface area contributed by atoms with Gasteiger partial charge >= 0.3 is 0 Å². The van der Waals surface area contributed by atoms with E-state index >= 15 is 0 Å². The van der Waals surface area contributed by atoms with Crippen LogP contribution in [0.5, 0.6) is 0 Å². The van der Waals surface area contributed by atoms with E-state index in [1.165, 1.54) is 12.1 Å². The number of aryl methyl sites for hydroxylation is 1. The fraction of sp³-hybridized carbons (Fsp3) is 0.107. The number of nitrogens with zero attached hydrogens (tertiary/aromatic N) is 5. The van der Waals surface area contributed by atoms with E-state index in [1.807, 2.05) is 85.2 Å². The molecular weight excluding hydrogens is 425 g/mol. The second-order valence-corrected chi connectivity index (χ2v) is 8.36. The summed E-state index contributed by atoms with van der Waals surface area (Å²) in [6, 6.07) is 26.3. The molecule has 3 aromatic carbocycles. The van der Waals surface area contributed by atoms with Crippen molar-refractivity contribution in [2.75, 3.05) is 19.0 Å². The zero-order chi connectivity index (χ0) is 23.8. The highest BCUT2D eigenvalue weighted by molar-refractivity contribution is 6.05. The zero-order valence-corrected chi connectivity index (χ0v) is 19.1. The van der Waals surface area contributed by atoms with Gasteiger partial charge in [0.25, 0.3) is 0 Å². The second-order valence-electron chi connectivity index (χ2n) is 8.36. The molecule has 166 valence electrons. The fourth-order valence-electron chi connectivity index (χ4n) is 4.15. The van der Waals surface area contributed by atoms with Crippen molar-refractivity contribution >= 4 is 16.7 Å². The molecule has 0 aliphatic heterocycles. The molecule has 2 heterocycles. The van der Waals surface area contributed by atoms with Gasteiger partial charge in [-0.3, -0.25) is 0 Å². The summed E-state index contributed by atoms with van der Waals surface area (Å²) in [4.78, 5) is 6.88. The molecule has 0 spiro atoms. The molecule has 2 aromatic heterocycles. The molecule has 0 N–H and O–H groups in total. The Bertz CT molecular complexity index is 1530. The SMILES string of the molecule is Cc1ccc(-n2nc3c(-c4ccc(F)cc4)nc(-c4ccccc4)c(C#N)c3c2N(C)C)cc1. The van der Waals surface area contributed by atoms with Crippen molar-refractivity contribution in [1.82, 2.24) is 14.8 Å². The van der Waals surface area contributed by atoms with Crippen molar-refractivity contribution in [2.45, 2.75) is 6.92 Å². The van der Waals surface area contributed by atoms with Crippen molar-refractivity contribution < 1.29 is 4.39 Å². The molecule has 34 heavy (non-hydrogen) atoms. The first-order valence-electron chi connectivity index (χ1n) is 10.9. The number of hydrogen-bond donors (Lipinski definition) is 0. The van der Waals surface area contributed by atoms with Gasteiger partial charge in [0.15, 0.2) is 0 Å². The lowest BCUT2D eigenvalue weighted by atomic mass is 9.99. The van der Waals surface area contributed by atoms with Gasteiger partial charge in [-0.15, -0.1) is 0 Å². The predicted octanol–water partition coefficient (Wildman–Crippen LogP) is 6.14. The van der Waals surface area contributed by atoms with E-state index in [0.717, 1.165) is 28.2 Å². The van der Waals surface area contributed by atoms with Gasteiger partial charge in [0, 0.05) is 25.2 Å². The number of rotatable bonds is 4. The Labute approximate surface area is 197 Å². The van der Waals surface area contributed by atoms with Gasteiger partial charge in [0.05, 0.1) is 28.0 Å². The molecule has 5 rings (SSSR count). The molecule has 0 fully saturated rings. The number of nitriles is 1. The highest BCUT2D eigenvalue weighted by Gasteiger charge is 2.25. The topological polar surface area (TPSA) is 57.7 Å². The summed E-state index contributed by atoms with van der Waals surface area (Å²) >= 11 is 0. The van der Waals surface area contributed by atoms with Gasteiger partial charge < -0.3 is 4.90 Å². The first-order chi connectivity index (χ1) is 16.5. The lowest BCUT2D eigenvalue weighted by Gasteiger charge is -2.17. The Balaban J connectivity index is 1.94. The number of benzene rings is 3. The Kier molecular flexibility index (Phi) is 5.31. The van der Waals surface area contributed by atoms with Crippen molar-refractivity contribution in [1.29, 1.82) is 5.26 Å². The predicted molar refractivity (Wildman–Crippen MR) is 133 cm³/mol. The quantitative estimate of drug-likeness (QED) is 0.332. The van der Waals surface area contributed by atoms with Gasteiger partial charge in [0.2, 0.25) is 0 Å². The smallest absolute Gasteiger partial charge is 0.141 e. The third-order valence-corrected chi connectivity index (χ3v) is 5.77. The molecule has 0 saturated carbocycles. The molecule has 0 aliphatic carbocycles. The Hall–Kier alpha value is -4.50. The molecule has 6 heteroatoms. The van der Waals surface area contributed by atoms with Crippen LogP contribution in [0.1, 0.15) is 11.1 Å². The monoisotopic (exact) mass is 447 g/mol. The number of anilines is 1. The molecule has 0 amide bonds. The number of hydrogen-bond acceptors (Lipinski definition) is 4. The van der Waals surface area contributed by atoms with Gasteiger partial charge in [-0.05, 0) is 43.3 Å². The van der Waals surface area contributed by atoms with E-state index in [0.29, 0.717) is 27.9 Å². The van der Waals surface area contributed by atoms with Gasteiger partial charge in [-0.1, -0.05) is 48.0 Å². The summed E-state index contributed by atoms with van der Waals surface area (Å²) in [5.74, 6) is 0.453. The zero-order valence-electron chi connectivity index (χ0n) is 19.1. The third-order valence-electron chi connectivity index (χ3n) is 5.77. The average molecular weight is 448 g/mol. The van der Waals surface area contributed by atoms with Crippen molar-refractivity contribution in [3.8, 4) is 34.3 Å². The standard InChI is InChI=1S/C28H22FN5/c1-18-9-15-22(16-10-18)34-28(33(2)3)24-23(17-30)25(19-7-5-4-6-8-19)31-26(27(24)32-34)20-11-13-21(29)14-12-20/h4-16H,1-3H3. The Morgan fingerprint density at radius 1 is 0.853 bits per heavy atom. The van der Waals surface area contributed by atoms with Crippen LogP contribution in [0.15, 0.2) is 78.9 Å². The first-order valence-corrected chi connectivity index (χ1v) is 10.9. The van der Waals surface area contributed by atoms with Crippen LogP contribution < -0.4 is 4.90 Å². The number of fused-ring (bicyclic) bond motifs is 1. The van der Waals surface area contributed by atoms with E-state index < -0.39 is 0 Å². The summed E-state index contributed by atoms with van der Waals surface area (Å²) in [6.07, 6.45) is 0. The van der Waals surface area contributed by atoms with Crippen LogP contribution in [0.4, 0.5) is 10.2 Å². The summed E-state index contributed by atoms with van der Waals surface area (Å²) in [6.45, 7) is 2.03. The third kappa shape index (κ3) is 3.57. The molecule has 0 aliphatic rings. The maximum absolute atomic E-state index is 13.7. The molecule has 0 radical (unpaired) electrons. The maximum Gasteiger partial charge on any atom is 0.141 e. The van der Waals surface area contributed by atoms with Crippen LogP contribution in [0.2, 0.25) is 0 Å². The lowest BCUT2D eigenvalue weighted by Crippen LogP contribution is -2.14. The minimum Gasteiger partial charge on any atom is -0.362 e. The van der Waals surface area contributed by atoms with Crippen LogP contribution in [0.3, 0.4) is 0 Å². The van der Waals surface area contributed by atoms with Crippen LogP contribution in [0.25, 0.3) is 39.1 Å². The van der Waals surface area contributed by atoms with Crippen LogP contribution >= 0.6 is 0 Å². The molecule has 0 unspecified atom stereocenters. The van der Waals surface area contributed by atoms with Crippen LogP contribution in [0, 0.1) is 24.1 Å². The minimum atomic E-state index is -0.323. The van der Waals surface area contributed by atoms with Gasteiger partial charge in [-0.25, -0.2) is 14.1 Å². The second kappa shape index (κ2) is 8.45. The van der Waals surface area contributed by atoms with Crippen LogP contribution in [-0.2, 0) is 0 Å². The summed E-state index contributed by atoms with van der Waals surface area (Å²) in [7, 11) is 3.87. The average Bonchev–Trinajstić information content (AvgIpc) is 3.25. The van der Waals surface area contributed by atoms with E-state index in [4.69, 9.17) is 10.1 Å². The summed E-state index contributed by atoms with van der Waals surface area (Å²) < 4.78 is 15.6. The lowest BCUT2D eigenvalue weighted by molar-refractivity contribution is 0.628. The highest BCUT2D eigenvalue weighted by Crippen LogP contribution is 2.40. The van der Waals surface area contributed by atoms with Crippen LogP contribution in [-0.4, -0.2) is 28.9 Å². The normalized spacial score (nSPS) is 10.9. The van der Waals surface area contributed by atoms with Crippen molar-refractivity contribution in [3.05, 3.63) is 95.8 Å². The Morgan fingerprint density at radius 2 is 1.50 bits per heavy atom. The van der Waals surface area contributed by atoms with E-state index in [2.05, 4.69) is 6.07 Å². The molecule has 0 bridgehead atoms. The fourth-order valence-corrected chi connectivity index (χ4v) is 4.15. The molecule has 0 saturated heterocycles. The van der Waals surface area contributed by atoms with Crippen molar-refractivity contribution in [2.24, 2.45) is 0 Å². The minimum absolute atomic E-state index is 0.323. The number of pyridine rings is 1.